The molecule has 0 saturated heterocycles. The standard InChI is InChI=1S/C12H14N2O3/c1-7(4-5-13)11(15)8-2-3-10-9(6-8)14-12(16)17-10/h2-3,6-7H,4-5,13H2,1H3,(H,14,16). The Balaban J connectivity index is 2.35. The molecule has 0 radical (unpaired) electrons. The molecule has 0 amide bonds. The molecule has 1 heterocycles. The number of aromatic amines is 1. The maximum absolute atomic E-state index is 12.0. The predicted molar refractivity (Wildman–Crippen MR) is 64.0 cm³/mol. The Morgan fingerprint density at radius 2 is 2.29 bits per heavy atom. The predicted octanol–water partition coefficient (Wildman–Crippen LogP) is 1.29. The number of ketones is 1. The van der Waals surface area contributed by atoms with Crippen LogP contribution in [0.15, 0.2) is 27.4 Å². The minimum atomic E-state index is -0.514. The van der Waals surface area contributed by atoms with Crippen LogP contribution in [-0.4, -0.2) is 17.3 Å². The zero-order valence-corrected chi connectivity index (χ0v) is 9.53. The highest BCUT2D eigenvalue weighted by Gasteiger charge is 2.15. The summed E-state index contributed by atoms with van der Waals surface area (Å²) in [6.07, 6.45) is 0.652. The monoisotopic (exact) mass is 234 g/mol. The van der Waals surface area contributed by atoms with Crippen molar-refractivity contribution in [2.75, 3.05) is 6.54 Å². The fourth-order valence-corrected chi connectivity index (χ4v) is 1.77. The van der Waals surface area contributed by atoms with Crippen LogP contribution in [0.5, 0.6) is 0 Å². The van der Waals surface area contributed by atoms with Gasteiger partial charge in [-0.1, -0.05) is 6.92 Å². The maximum atomic E-state index is 12.0. The minimum Gasteiger partial charge on any atom is -0.408 e. The highest BCUT2D eigenvalue weighted by Crippen LogP contribution is 2.16. The van der Waals surface area contributed by atoms with Gasteiger partial charge in [-0.05, 0) is 31.2 Å². The molecule has 90 valence electrons. The SMILES string of the molecule is CC(CCN)C(=O)c1ccc2oc(=O)[nH]c2c1. The molecule has 2 aromatic rings. The number of carbonyl (C=O) groups is 1. The molecule has 0 aliphatic heterocycles. The van der Waals surface area contributed by atoms with Crippen molar-refractivity contribution in [2.45, 2.75) is 13.3 Å². The van der Waals surface area contributed by atoms with Crippen LogP contribution in [0, 0.1) is 5.92 Å². The first-order chi connectivity index (χ1) is 8.11. The van der Waals surface area contributed by atoms with E-state index in [1.54, 1.807) is 18.2 Å². The first-order valence-corrected chi connectivity index (χ1v) is 5.49. The van der Waals surface area contributed by atoms with Crippen molar-refractivity contribution in [3.8, 4) is 0 Å². The van der Waals surface area contributed by atoms with Gasteiger partial charge in [-0.25, -0.2) is 4.79 Å². The van der Waals surface area contributed by atoms with Crippen molar-refractivity contribution in [1.29, 1.82) is 0 Å². The summed E-state index contributed by atoms with van der Waals surface area (Å²) < 4.78 is 4.87. The smallest absolute Gasteiger partial charge is 0.408 e. The second-order valence-electron chi connectivity index (χ2n) is 4.07. The van der Waals surface area contributed by atoms with Crippen molar-refractivity contribution >= 4 is 16.9 Å². The summed E-state index contributed by atoms with van der Waals surface area (Å²) in [7, 11) is 0. The molecule has 0 aliphatic carbocycles. The van der Waals surface area contributed by atoms with E-state index in [1.165, 1.54) is 0 Å². The van der Waals surface area contributed by atoms with Crippen LogP contribution in [0.2, 0.25) is 0 Å². The first kappa shape index (κ1) is 11.6. The number of benzene rings is 1. The number of aromatic nitrogens is 1. The summed E-state index contributed by atoms with van der Waals surface area (Å²) in [6, 6.07) is 4.92. The van der Waals surface area contributed by atoms with Gasteiger partial charge in [0.15, 0.2) is 11.4 Å². The largest absolute Gasteiger partial charge is 0.417 e. The Hall–Kier alpha value is -1.88. The van der Waals surface area contributed by atoms with Crippen molar-refractivity contribution in [3.63, 3.8) is 0 Å². The average Bonchev–Trinajstić information content (AvgIpc) is 2.67. The van der Waals surface area contributed by atoms with E-state index in [0.717, 1.165) is 0 Å². The Morgan fingerprint density at radius 1 is 1.53 bits per heavy atom. The van der Waals surface area contributed by atoms with Gasteiger partial charge in [-0.3, -0.25) is 9.78 Å². The topological polar surface area (TPSA) is 89.1 Å². The lowest BCUT2D eigenvalue weighted by atomic mass is 9.96. The van der Waals surface area contributed by atoms with E-state index in [1.807, 2.05) is 6.92 Å². The van der Waals surface area contributed by atoms with Crippen LogP contribution in [0.1, 0.15) is 23.7 Å². The summed E-state index contributed by atoms with van der Waals surface area (Å²) in [5.41, 5.74) is 6.99. The molecule has 1 aromatic carbocycles. The van der Waals surface area contributed by atoms with E-state index in [4.69, 9.17) is 10.2 Å². The Morgan fingerprint density at radius 3 is 3.00 bits per heavy atom. The molecule has 5 nitrogen and oxygen atoms in total. The summed E-state index contributed by atoms with van der Waals surface area (Å²) in [5, 5.41) is 0. The molecule has 3 N–H and O–H groups in total. The van der Waals surface area contributed by atoms with Crippen LogP contribution < -0.4 is 11.5 Å². The maximum Gasteiger partial charge on any atom is 0.417 e. The number of nitrogens with one attached hydrogen (secondary N) is 1. The van der Waals surface area contributed by atoms with Gasteiger partial charge in [-0.2, -0.15) is 0 Å². The van der Waals surface area contributed by atoms with Crippen LogP contribution in [0.25, 0.3) is 11.1 Å². The van der Waals surface area contributed by atoms with Crippen LogP contribution in [0.4, 0.5) is 0 Å². The lowest BCUT2D eigenvalue weighted by Gasteiger charge is -2.08. The van der Waals surface area contributed by atoms with Gasteiger partial charge in [0.1, 0.15) is 0 Å². The zero-order chi connectivity index (χ0) is 12.4. The lowest BCUT2D eigenvalue weighted by molar-refractivity contribution is 0.0925. The number of nitrogens with two attached hydrogens (primary N) is 1. The van der Waals surface area contributed by atoms with Gasteiger partial charge in [0.2, 0.25) is 0 Å². The molecule has 0 bridgehead atoms. The normalized spacial score (nSPS) is 12.8. The lowest BCUT2D eigenvalue weighted by Crippen LogP contribution is -2.15. The first-order valence-electron chi connectivity index (χ1n) is 5.49. The third-order valence-electron chi connectivity index (χ3n) is 2.75. The number of carbonyl (C=O) groups excluding carboxylic acids is 1. The second-order valence-corrected chi connectivity index (χ2v) is 4.07. The van der Waals surface area contributed by atoms with Crippen LogP contribution >= 0.6 is 0 Å². The van der Waals surface area contributed by atoms with E-state index >= 15 is 0 Å². The van der Waals surface area contributed by atoms with Gasteiger partial charge in [-0.15, -0.1) is 0 Å². The molecule has 2 rings (SSSR count). The Bertz CT molecular complexity index is 597. The summed E-state index contributed by atoms with van der Waals surface area (Å²) >= 11 is 0. The zero-order valence-electron chi connectivity index (χ0n) is 9.53. The second kappa shape index (κ2) is 4.55. The molecule has 0 saturated carbocycles. The molecule has 17 heavy (non-hydrogen) atoms. The molecule has 0 fully saturated rings. The molecule has 1 unspecified atom stereocenters. The number of hydrogen-bond donors (Lipinski definition) is 2. The van der Waals surface area contributed by atoms with E-state index in [9.17, 15) is 9.59 Å². The highest BCUT2D eigenvalue weighted by atomic mass is 16.4. The van der Waals surface area contributed by atoms with Crippen LogP contribution in [0.3, 0.4) is 0 Å². The van der Waals surface area contributed by atoms with Crippen molar-refractivity contribution in [3.05, 3.63) is 34.3 Å². The number of H-pyrrole nitrogens is 1. The quantitative estimate of drug-likeness (QED) is 0.780. The van der Waals surface area contributed by atoms with Gasteiger partial charge in [0.25, 0.3) is 0 Å². The number of Topliss-reactive ketones (excluding diaryl/α,β-unsaturated/α-hetero) is 1. The minimum absolute atomic E-state index is 0.0272. The molecular weight excluding hydrogens is 220 g/mol. The fourth-order valence-electron chi connectivity index (χ4n) is 1.77. The molecule has 5 heteroatoms. The third-order valence-corrected chi connectivity index (χ3v) is 2.75. The highest BCUT2D eigenvalue weighted by molar-refractivity contribution is 5.99. The van der Waals surface area contributed by atoms with E-state index in [2.05, 4.69) is 4.98 Å². The Kier molecular flexibility index (Phi) is 3.10. The third kappa shape index (κ3) is 2.29. The number of fused-ring (bicyclic) bond motifs is 1. The number of hydrogen-bond acceptors (Lipinski definition) is 4. The van der Waals surface area contributed by atoms with Gasteiger partial charge >= 0.3 is 5.76 Å². The number of rotatable bonds is 4. The molecule has 1 aromatic heterocycles. The number of oxazole rings is 1. The van der Waals surface area contributed by atoms with Gasteiger partial charge in [0.05, 0.1) is 5.52 Å². The molecule has 0 spiro atoms. The van der Waals surface area contributed by atoms with Crippen molar-refractivity contribution in [2.24, 2.45) is 11.7 Å². The molecule has 0 aliphatic rings. The van der Waals surface area contributed by atoms with Crippen molar-refractivity contribution in [1.82, 2.24) is 4.98 Å². The van der Waals surface area contributed by atoms with E-state index < -0.39 is 5.76 Å². The van der Waals surface area contributed by atoms with Crippen LogP contribution in [-0.2, 0) is 0 Å². The molecule has 1 atom stereocenters. The summed E-state index contributed by atoms with van der Waals surface area (Å²) in [6.45, 7) is 2.33. The Labute approximate surface area is 97.6 Å². The average molecular weight is 234 g/mol. The molecular formula is C12H14N2O3. The fraction of sp³-hybridized carbons (Fsp3) is 0.333. The van der Waals surface area contributed by atoms with Gasteiger partial charge in [0, 0.05) is 11.5 Å². The summed E-state index contributed by atoms with van der Waals surface area (Å²) in [5.74, 6) is -0.602. The van der Waals surface area contributed by atoms with Crippen molar-refractivity contribution < 1.29 is 9.21 Å². The van der Waals surface area contributed by atoms with E-state index in [-0.39, 0.29) is 11.7 Å². The van der Waals surface area contributed by atoms with Gasteiger partial charge < -0.3 is 10.2 Å². The summed E-state index contributed by atoms with van der Waals surface area (Å²) in [4.78, 5) is 25.5. The van der Waals surface area contributed by atoms with E-state index in [0.29, 0.717) is 29.6 Å².